The van der Waals surface area contributed by atoms with Crippen LogP contribution in [-0.2, 0) is 16.6 Å². The normalized spacial score (nSPS) is 11.5. The molecule has 0 unspecified atom stereocenters. The Hall–Kier alpha value is -3.45. The predicted octanol–water partition coefficient (Wildman–Crippen LogP) is 3.93. The molecule has 0 atom stereocenters. The topological polar surface area (TPSA) is 71.8 Å². The number of carbonyl (C=O) groups excluding carboxylic acids is 1. The SMILES string of the molecule is CC(=O)c1cccc(S(=O)(=O)N(Cc2cnc3ccccn23)c2ccccc2)c1. The van der Waals surface area contributed by atoms with Crippen molar-refractivity contribution in [2.45, 2.75) is 18.4 Å². The number of anilines is 1. The molecule has 6 nitrogen and oxygen atoms in total. The summed E-state index contributed by atoms with van der Waals surface area (Å²) >= 11 is 0. The molecule has 4 aromatic rings. The Bertz CT molecular complexity index is 1280. The van der Waals surface area contributed by atoms with Crippen LogP contribution >= 0.6 is 0 Å². The average molecular weight is 405 g/mol. The van der Waals surface area contributed by atoms with Crippen LogP contribution in [0.15, 0.2) is 90.1 Å². The summed E-state index contributed by atoms with van der Waals surface area (Å²) in [6.07, 6.45) is 3.52. The number of Topliss-reactive ketones (excluding diaryl/α,β-unsaturated/α-hetero) is 1. The number of aromatic nitrogens is 2. The maximum absolute atomic E-state index is 13.6. The van der Waals surface area contributed by atoms with Gasteiger partial charge in [0.25, 0.3) is 10.0 Å². The Labute approximate surface area is 169 Å². The highest BCUT2D eigenvalue weighted by Crippen LogP contribution is 2.26. The fourth-order valence-electron chi connectivity index (χ4n) is 3.16. The van der Waals surface area contributed by atoms with E-state index in [2.05, 4.69) is 4.98 Å². The monoisotopic (exact) mass is 405 g/mol. The van der Waals surface area contributed by atoms with Gasteiger partial charge in [-0.15, -0.1) is 0 Å². The van der Waals surface area contributed by atoms with Gasteiger partial charge in [0.05, 0.1) is 29.0 Å². The highest BCUT2D eigenvalue weighted by atomic mass is 32.2. The van der Waals surface area contributed by atoms with Crippen molar-refractivity contribution >= 4 is 27.1 Å². The van der Waals surface area contributed by atoms with Gasteiger partial charge in [-0.2, -0.15) is 0 Å². The summed E-state index contributed by atoms with van der Waals surface area (Å²) in [5.41, 5.74) is 2.36. The number of para-hydroxylation sites is 1. The molecule has 0 radical (unpaired) electrons. The second-order valence-corrected chi connectivity index (χ2v) is 8.47. The van der Waals surface area contributed by atoms with Crippen LogP contribution < -0.4 is 4.31 Å². The molecule has 2 aromatic carbocycles. The molecule has 0 fully saturated rings. The zero-order chi connectivity index (χ0) is 20.4. The molecule has 0 aliphatic carbocycles. The first-order chi connectivity index (χ1) is 14.0. The number of hydrogen-bond donors (Lipinski definition) is 0. The molecule has 0 aliphatic heterocycles. The highest BCUT2D eigenvalue weighted by molar-refractivity contribution is 7.92. The van der Waals surface area contributed by atoms with Crippen molar-refractivity contribution in [3.63, 3.8) is 0 Å². The smallest absolute Gasteiger partial charge is 0.264 e. The van der Waals surface area contributed by atoms with Crippen molar-refractivity contribution in [3.05, 3.63) is 96.4 Å². The van der Waals surface area contributed by atoms with E-state index in [1.165, 1.54) is 23.4 Å². The van der Waals surface area contributed by atoms with E-state index in [9.17, 15) is 13.2 Å². The number of benzene rings is 2. The molecular formula is C22H19N3O3S. The molecule has 146 valence electrons. The number of pyridine rings is 1. The number of nitrogens with zero attached hydrogens (tertiary/aromatic N) is 3. The van der Waals surface area contributed by atoms with Crippen molar-refractivity contribution in [2.75, 3.05) is 4.31 Å². The molecule has 29 heavy (non-hydrogen) atoms. The third-order valence-corrected chi connectivity index (χ3v) is 6.44. The first-order valence-electron chi connectivity index (χ1n) is 9.06. The molecule has 0 bridgehead atoms. The van der Waals surface area contributed by atoms with E-state index in [1.807, 2.05) is 34.9 Å². The highest BCUT2D eigenvalue weighted by Gasteiger charge is 2.26. The Morgan fingerprint density at radius 3 is 2.52 bits per heavy atom. The summed E-state index contributed by atoms with van der Waals surface area (Å²) in [5.74, 6) is -0.185. The van der Waals surface area contributed by atoms with Crippen molar-refractivity contribution < 1.29 is 13.2 Å². The Kier molecular flexibility index (Phi) is 4.90. The van der Waals surface area contributed by atoms with Crippen LogP contribution in [-0.4, -0.2) is 23.6 Å². The summed E-state index contributed by atoms with van der Waals surface area (Å²) in [6, 6.07) is 20.6. The van der Waals surface area contributed by atoms with Gasteiger partial charge in [0.2, 0.25) is 0 Å². The van der Waals surface area contributed by atoms with E-state index in [-0.39, 0.29) is 17.2 Å². The largest absolute Gasteiger partial charge is 0.302 e. The predicted molar refractivity (Wildman–Crippen MR) is 111 cm³/mol. The number of sulfonamides is 1. The zero-order valence-electron chi connectivity index (χ0n) is 15.8. The Morgan fingerprint density at radius 2 is 1.76 bits per heavy atom. The van der Waals surface area contributed by atoms with E-state index >= 15 is 0 Å². The molecule has 0 saturated carbocycles. The number of imidazole rings is 1. The molecule has 0 saturated heterocycles. The lowest BCUT2D eigenvalue weighted by atomic mass is 10.2. The second-order valence-electron chi connectivity index (χ2n) is 6.61. The maximum Gasteiger partial charge on any atom is 0.264 e. The number of fused-ring (bicyclic) bond motifs is 1. The summed E-state index contributed by atoms with van der Waals surface area (Å²) < 4.78 is 30.3. The van der Waals surface area contributed by atoms with Crippen LogP contribution in [0.1, 0.15) is 23.0 Å². The lowest BCUT2D eigenvalue weighted by Crippen LogP contribution is -2.31. The molecule has 2 heterocycles. The van der Waals surface area contributed by atoms with Crippen LogP contribution in [0.4, 0.5) is 5.69 Å². The minimum absolute atomic E-state index is 0.0721. The van der Waals surface area contributed by atoms with E-state index in [1.54, 1.807) is 42.6 Å². The average Bonchev–Trinajstić information content (AvgIpc) is 3.15. The molecule has 0 N–H and O–H groups in total. The van der Waals surface area contributed by atoms with Gasteiger partial charge in [-0.25, -0.2) is 13.4 Å². The number of rotatable bonds is 6. The van der Waals surface area contributed by atoms with Crippen LogP contribution in [0.2, 0.25) is 0 Å². The standard InChI is InChI=1S/C22H19N3O3S/c1-17(26)18-8-7-11-21(14-18)29(27,28)25(19-9-3-2-4-10-19)16-20-15-23-22-12-5-6-13-24(20)22/h2-15H,16H2,1H3. The maximum atomic E-state index is 13.6. The van der Waals surface area contributed by atoms with Gasteiger partial charge < -0.3 is 4.40 Å². The first kappa shape index (κ1) is 18.9. The third-order valence-electron chi connectivity index (χ3n) is 4.67. The molecular weight excluding hydrogens is 386 g/mol. The molecule has 2 aromatic heterocycles. The number of hydrogen-bond acceptors (Lipinski definition) is 4. The fraction of sp³-hybridized carbons (Fsp3) is 0.0909. The minimum atomic E-state index is -3.91. The van der Waals surface area contributed by atoms with Crippen molar-refractivity contribution in [1.82, 2.24) is 9.38 Å². The van der Waals surface area contributed by atoms with Gasteiger partial charge in [0.1, 0.15) is 5.65 Å². The summed E-state index contributed by atoms with van der Waals surface area (Å²) in [7, 11) is -3.91. The quantitative estimate of drug-likeness (QED) is 0.456. The van der Waals surface area contributed by atoms with Gasteiger partial charge in [0.15, 0.2) is 5.78 Å². The fourth-order valence-corrected chi connectivity index (χ4v) is 4.64. The molecule has 0 aliphatic rings. The van der Waals surface area contributed by atoms with E-state index in [0.29, 0.717) is 11.3 Å². The van der Waals surface area contributed by atoms with Crippen LogP contribution in [0, 0.1) is 0 Å². The van der Waals surface area contributed by atoms with E-state index < -0.39 is 10.0 Å². The van der Waals surface area contributed by atoms with Gasteiger partial charge in [-0.1, -0.05) is 36.4 Å². The van der Waals surface area contributed by atoms with Crippen LogP contribution in [0.5, 0.6) is 0 Å². The van der Waals surface area contributed by atoms with Crippen molar-refractivity contribution in [3.8, 4) is 0 Å². The lowest BCUT2D eigenvalue weighted by Gasteiger charge is -2.24. The lowest BCUT2D eigenvalue weighted by molar-refractivity contribution is 0.101. The summed E-state index contributed by atoms with van der Waals surface area (Å²) in [5, 5.41) is 0. The van der Waals surface area contributed by atoms with Crippen LogP contribution in [0.3, 0.4) is 0 Å². The molecule has 0 spiro atoms. The first-order valence-corrected chi connectivity index (χ1v) is 10.5. The molecule has 0 amide bonds. The van der Waals surface area contributed by atoms with Crippen molar-refractivity contribution in [1.29, 1.82) is 0 Å². The Morgan fingerprint density at radius 1 is 1.00 bits per heavy atom. The summed E-state index contributed by atoms with van der Waals surface area (Å²) in [6.45, 7) is 1.51. The number of ketones is 1. The zero-order valence-corrected chi connectivity index (χ0v) is 16.6. The second kappa shape index (κ2) is 7.52. The van der Waals surface area contributed by atoms with Crippen molar-refractivity contribution in [2.24, 2.45) is 0 Å². The summed E-state index contributed by atoms with van der Waals surface area (Å²) in [4.78, 5) is 16.2. The van der Waals surface area contributed by atoms with Crippen LogP contribution in [0.25, 0.3) is 5.65 Å². The molecule has 4 rings (SSSR count). The van der Waals surface area contributed by atoms with E-state index in [0.717, 1.165) is 11.3 Å². The van der Waals surface area contributed by atoms with Gasteiger partial charge in [-0.05, 0) is 43.3 Å². The molecule has 7 heteroatoms. The van der Waals surface area contributed by atoms with Gasteiger partial charge >= 0.3 is 0 Å². The minimum Gasteiger partial charge on any atom is -0.302 e. The number of carbonyl (C=O) groups is 1. The van der Waals surface area contributed by atoms with Gasteiger partial charge in [-0.3, -0.25) is 9.10 Å². The van der Waals surface area contributed by atoms with E-state index in [4.69, 9.17) is 0 Å². The Balaban J connectivity index is 1.83. The van der Waals surface area contributed by atoms with Gasteiger partial charge in [0, 0.05) is 11.8 Å². The third kappa shape index (κ3) is 3.64.